The molecule has 1 nitrogen and oxygen atoms in total. The monoisotopic (exact) mass is 349 g/mol. The van der Waals surface area contributed by atoms with Crippen molar-refractivity contribution in [1.29, 1.82) is 0 Å². The Balaban J connectivity index is 2.25. The van der Waals surface area contributed by atoms with Gasteiger partial charge in [0, 0.05) is 6.04 Å². The average Bonchev–Trinajstić information content (AvgIpc) is 2.45. The van der Waals surface area contributed by atoms with E-state index >= 15 is 0 Å². The highest BCUT2D eigenvalue weighted by atomic mass is 79.9. The van der Waals surface area contributed by atoms with Crippen molar-refractivity contribution in [2.45, 2.75) is 33.2 Å². The van der Waals surface area contributed by atoms with E-state index < -0.39 is 0 Å². The van der Waals surface area contributed by atoms with Gasteiger partial charge in [0.05, 0.1) is 4.47 Å². The van der Waals surface area contributed by atoms with Crippen LogP contribution in [0.5, 0.6) is 0 Å². The fourth-order valence-electron chi connectivity index (χ4n) is 2.44. The minimum absolute atomic E-state index is 0.218. The minimum atomic E-state index is -0.218. The molecule has 0 aliphatic carbocycles. The Morgan fingerprint density at radius 3 is 2.48 bits per heavy atom. The molecule has 1 unspecified atom stereocenters. The Bertz CT molecular complexity index is 625. The highest BCUT2D eigenvalue weighted by Gasteiger charge is 2.13. The van der Waals surface area contributed by atoms with E-state index in [2.05, 4.69) is 60.2 Å². The van der Waals surface area contributed by atoms with Crippen molar-refractivity contribution >= 4 is 15.9 Å². The quantitative estimate of drug-likeness (QED) is 0.791. The first-order valence-corrected chi connectivity index (χ1v) is 8.05. The number of likely N-dealkylation sites (N-methyl/N-ethyl adjacent to an activating group) is 1. The summed E-state index contributed by atoms with van der Waals surface area (Å²) in [7, 11) is 0. The third-order valence-corrected chi connectivity index (χ3v) is 4.42. The molecule has 0 bridgehead atoms. The predicted octanol–water partition coefficient (Wildman–Crippen LogP) is 5.10. The Hall–Kier alpha value is -1.19. The first kappa shape index (κ1) is 16.2. The van der Waals surface area contributed by atoms with Crippen LogP contribution >= 0.6 is 15.9 Å². The van der Waals surface area contributed by atoms with Gasteiger partial charge in [0.25, 0.3) is 0 Å². The topological polar surface area (TPSA) is 12.0 Å². The third-order valence-electron chi connectivity index (χ3n) is 3.81. The van der Waals surface area contributed by atoms with Gasteiger partial charge in [0.15, 0.2) is 0 Å². The standard InChI is InChI=1S/C18H21BrFN/c1-4-21-18(15-7-5-12(2)13(3)9-15)11-14-6-8-17(20)16(19)10-14/h5-10,18,21H,4,11H2,1-3H3. The summed E-state index contributed by atoms with van der Waals surface area (Å²) in [5.74, 6) is -0.218. The summed E-state index contributed by atoms with van der Waals surface area (Å²) in [6, 6.07) is 12.0. The normalized spacial score (nSPS) is 12.4. The zero-order valence-corrected chi connectivity index (χ0v) is 14.3. The van der Waals surface area contributed by atoms with E-state index in [4.69, 9.17) is 0 Å². The van der Waals surface area contributed by atoms with Gasteiger partial charge in [-0.25, -0.2) is 4.39 Å². The summed E-state index contributed by atoms with van der Waals surface area (Å²) >= 11 is 3.26. The minimum Gasteiger partial charge on any atom is -0.310 e. The average molecular weight is 350 g/mol. The van der Waals surface area contributed by atoms with Crippen molar-refractivity contribution in [3.63, 3.8) is 0 Å². The number of halogens is 2. The van der Waals surface area contributed by atoms with Crippen LogP contribution in [0.4, 0.5) is 4.39 Å². The molecule has 0 saturated carbocycles. The van der Waals surface area contributed by atoms with Crippen molar-refractivity contribution in [3.05, 3.63) is 68.9 Å². The zero-order chi connectivity index (χ0) is 15.4. The van der Waals surface area contributed by atoms with Crippen LogP contribution in [0, 0.1) is 19.7 Å². The van der Waals surface area contributed by atoms with Gasteiger partial charge in [-0.1, -0.05) is 31.2 Å². The van der Waals surface area contributed by atoms with Gasteiger partial charge in [0.1, 0.15) is 5.82 Å². The second-order valence-electron chi connectivity index (χ2n) is 5.41. The number of hydrogen-bond acceptors (Lipinski definition) is 1. The molecule has 0 aromatic heterocycles. The molecule has 0 radical (unpaired) electrons. The summed E-state index contributed by atoms with van der Waals surface area (Å²) in [5.41, 5.74) is 5.00. The van der Waals surface area contributed by atoms with Crippen molar-refractivity contribution in [2.75, 3.05) is 6.54 Å². The Labute approximate surface area is 134 Å². The number of nitrogens with one attached hydrogen (secondary N) is 1. The molecule has 21 heavy (non-hydrogen) atoms. The lowest BCUT2D eigenvalue weighted by atomic mass is 9.96. The Kier molecular flexibility index (Phi) is 5.54. The first-order valence-electron chi connectivity index (χ1n) is 7.25. The SMILES string of the molecule is CCNC(Cc1ccc(F)c(Br)c1)c1ccc(C)c(C)c1. The Morgan fingerprint density at radius 1 is 1.10 bits per heavy atom. The van der Waals surface area contributed by atoms with Crippen LogP contribution in [0.2, 0.25) is 0 Å². The highest BCUT2D eigenvalue weighted by molar-refractivity contribution is 9.10. The third kappa shape index (κ3) is 4.14. The fraction of sp³-hybridized carbons (Fsp3) is 0.333. The van der Waals surface area contributed by atoms with E-state index in [0.29, 0.717) is 4.47 Å². The van der Waals surface area contributed by atoms with Gasteiger partial charge >= 0.3 is 0 Å². The summed E-state index contributed by atoms with van der Waals surface area (Å²) in [6.45, 7) is 7.27. The van der Waals surface area contributed by atoms with Gasteiger partial charge in [-0.05, 0) is 77.1 Å². The van der Waals surface area contributed by atoms with Crippen molar-refractivity contribution in [2.24, 2.45) is 0 Å². The van der Waals surface area contributed by atoms with Gasteiger partial charge in [-0.15, -0.1) is 0 Å². The van der Waals surface area contributed by atoms with Crippen LogP contribution in [-0.2, 0) is 6.42 Å². The van der Waals surface area contributed by atoms with Crippen LogP contribution in [0.1, 0.15) is 35.2 Å². The first-order chi connectivity index (χ1) is 10.0. The second-order valence-corrected chi connectivity index (χ2v) is 6.26. The summed E-state index contributed by atoms with van der Waals surface area (Å²) in [6.07, 6.45) is 0.842. The lowest BCUT2D eigenvalue weighted by molar-refractivity contribution is 0.548. The fourth-order valence-corrected chi connectivity index (χ4v) is 2.86. The van der Waals surface area contributed by atoms with Crippen LogP contribution in [0.15, 0.2) is 40.9 Å². The molecule has 2 rings (SSSR count). The molecule has 0 aliphatic rings. The lowest BCUT2D eigenvalue weighted by Crippen LogP contribution is -2.23. The van der Waals surface area contributed by atoms with Crippen LogP contribution in [0.3, 0.4) is 0 Å². The van der Waals surface area contributed by atoms with E-state index in [1.54, 1.807) is 0 Å². The predicted molar refractivity (Wildman–Crippen MR) is 90.1 cm³/mol. The van der Waals surface area contributed by atoms with Crippen molar-refractivity contribution < 1.29 is 4.39 Å². The smallest absolute Gasteiger partial charge is 0.137 e. The molecule has 0 aliphatic heterocycles. The van der Waals surface area contributed by atoms with Gasteiger partial charge in [-0.2, -0.15) is 0 Å². The van der Waals surface area contributed by atoms with Crippen molar-refractivity contribution in [3.8, 4) is 0 Å². The highest BCUT2D eigenvalue weighted by Crippen LogP contribution is 2.24. The molecular weight excluding hydrogens is 329 g/mol. The van der Waals surface area contributed by atoms with E-state index in [1.165, 1.54) is 22.8 Å². The molecule has 2 aromatic carbocycles. The van der Waals surface area contributed by atoms with Crippen LogP contribution in [0.25, 0.3) is 0 Å². The summed E-state index contributed by atoms with van der Waals surface area (Å²) in [5, 5.41) is 3.52. The molecule has 1 atom stereocenters. The number of aryl methyl sites for hydroxylation is 2. The lowest BCUT2D eigenvalue weighted by Gasteiger charge is -2.20. The molecule has 1 N–H and O–H groups in total. The molecule has 112 valence electrons. The Morgan fingerprint density at radius 2 is 1.86 bits per heavy atom. The van der Waals surface area contributed by atoms with E-state index in [9.17, 15) is 4.39 Å². The molecule has 0 amide bonds. The molecule has 0 saturated heterocycles. The maximum Gasteiger partial charge on any atom is 0.137 e. The van der Waals surface area contributed by atoms with E-state index in [0.717, 1.165) is 18.5 Å². The van der Waals surface area contributed by atoms with Crippen LogP contribution in [-0.4, -0.2) is 6.54 Å². The largest absolute Gasteiger partial charge is 0.310 e. The second kappa shape index (κ2) is 7.19. The van der Waals surface area contributed by atoms with Gasteiger partial charge < -0.3 is 5.32 Å². The van der Waals surface area contributed by atoms with Gasteiger partial charge in [-0.3, -0.25) is 0 Å². The zero-order valence-electron chi connectivity index (χ0n) is 12.7. The maximum atomic E-state index is 13.3. The van der Waals surface area contributed by atoms with Crippen molar-refractivity contribution in [1.82, 2.24) is 5.32 Å². The molecular formula is C18H21BrFN. The van der Waals surface area contributed by atoms with E-state index in [-0.39, 0.29) is 11.9 Å². The molecule has 3 heteroatoms. The number of rotatable bonds is 5. The van der Waals surface area contributed by atoms with E-state index in [1.807, 2.05) is 12.1 Å². The molecule has 2 aromatic rings. The number of hydrogen-bond donors (Lipinski definition) is 1. The van der Waals surface area contributed by atoms with Gasteiger partial charge in [0.2, 0.25) is 0 Å². The molecule has 0 heterocycles. The molecule has 0 spiro atoms. The summed E-state index contributed by atoms with van der Waals surface area (Å²) < 4.78 is 13.9. The maximum absolute atomic E-state index is 13.3. The number of benzene rings is 2. The molecule has 0 fully saturated rings. The summed E-state index contributed by atoms with van der Waals surface area (Å²) in [4.78, 5) is 0. The van der Waals surface area contributed by atoms with Crippen LogP contribution < -0.4 is 5.32 Å².